The molecule has 0 unspecified atom stereocenters. The number of nitrogen functional groups attached to an aromatic ring is 1. The number of nitrogens with two attached hydrogens (primary N) is 1. The average molecular weight is 434 g/mol. The topological polar surface area (TPSA) is 115 Å². The second-order valence-electron chi connectivity index (χ2n) is 7.71. The minimum Gasteiger partial charge on any atom is -0.493 e. The van der Waals surface area contributed by atoms with Gasteiger partial charge in [-0.1, -0.05) is 19.9 Å². The fraction of sp³-hybridized carbons (Fsp3) is 0.292. The standard InChI is InChI=1S/C24H27N5O3/c1-16(2)10-11-32-21-9-4-17(12-22(21)31-3)14-27-24(30)18-5-7-20(8-6-18)29-23(26)19(13-25)15-28-29/h4-9,12,15-16H,10-11,14,26H2,1-3H3,(H,27,30). The molecule has 8 heteroatoms. The first-order valence-corrected chi connectivity index (χ1v) is 10.3. The van der Waals surface area contributed by atoms with E-state index >= 15 is 0 Å². The van der Waals surface area contributed by atoms with Crippen LogP contribution >= 0.6 is 0 Å². The quantitative estimate of drug-likeness (QED) is 0.532. The van der Waals surface area contributed by atoms with Gasteiger partial charge in [-0.15, -0.1) is 0 Å². The van der Waals surface area contributed by atoms with Gasteiger partial charge in [0.2, 0.25) is 0 Å². The highest BCUT2D eigenvalue weighted by atomic mass is 16.5. The van der Waals surface area contributed by atoms with Crippen LogP contribution in [0.25, 0.3) is 5.69 Å². The van der Waals surface area contributed by atoms with Gasteiger partial charge in [0.1, 0.15) is 17.5 Å². The van der Waals surface area contributed by atoms with Crippen molar-refractivity contribution in [3.63, 3.8) is 0 Å². The maximum atomic E-state index is 12.6. The van der Waals surface area contributed by atoms with Crippen LogP contribution in [0, 0.1) is 17.2 Å². The Kier molecular flexibility index (Phi) is 7.34. The molecule has 0 aliphatic heterocycles. The van der Waals surface area contributed by atoms with Gasteiger partial charge in [0.05, 0.1) is 25.6 Å². The number of carbonyl (C=O) groups is 1. The fourth-order valence-electron chi connectivity index (χ4n) is 3.03. The molecule has 0 fully saturated rings. The van der Waals surface area contributed by atoms with E-state index in [9.17, 15) is 4.79 Å². The molecule has 0 aliphatic carbocycles. The van der Waals surface area contributed by atoms with Crippen LogP contribution in [-0.4, -0.2) is 29.4 Å². The molecular weight excluding hydrogens is 406 g/mol. The van der Waals surface area contributed by atoms with Crippen LogP contribution in [0.4, 0.5) is 5.82 Å². The molecule has 0 spiro atoms. The number of nitrogens with one attached hydrogen (secondary N) is 1. The van der Waals surface area contributed by atoms with Gasteiger partial charge in [0.15, 0.2) is 11.5 Å². The Morgan fingerprint density at radius 3 is 2.59 bits per heavy atom. The Morgan fingerprint density at radius 1 is 1.22 bits per heavy atom. The third-order valence-corrected chi connectivity index (χ3v) is 4.93. The summed E-state index contributed by atoms with van der Waals surface area (Å²) in [6.07, 6.45) is 2.37. The van der Waals surface area contributed by atoms with E-state index in [0.29, 0.717) is 47.4 Å². The van der Waals surface area contributed by atoms with Crippen LogP contribution < -0.4 is 20.5 Å². The second kappa shape index (κ2) is 10.4. The van der Waals surface area contributed by atoms with Gasteiger partial charge in [0.25, 0.3) is 5.91 Å². The maximum Gasteiger partial charge on any atom is 0.251 e. The number of nitrogens with zero attached hydrogens (tertiary/aromatic N) is 3. The van der Waals surface area contributed by atoms with E-state index in [1.807, 2.05) is 24.3 Å². The molecule has 3 N–H and O–H groups in total. The normalized spacial score (nSPS) is 10.6. The van der Waals surface area contributed by atoms with Crippen LogP contribution in [0.1, 0.15) is 41.8 Å². The van der Waals surface area contributed by atoms with Crippen LogP contribution in [0.5, 0.6) is 11.5 Å². The van der Waals surface area contributed by atoms with Gasteiger partial charge >= 0.3 is 0 Å². The summed E-state index contributed by atoms with van der Waals surface area (Å²) in [5, 5.41) is 16.0. The van der Waals surface area contributed by atoms with Crippen molar-refractivity contribution in [2.75, 3.05) is 19.5 Å². The number of hydrogen-bond donors (Lipinski definition) is 2. The molecule has 0 aliphatic rings. The van der Waals surface area contributed by atoms with Crippen molar-refractivity contribution < 1.29 is 14.3 Å². The van der Waals surface area contributed by atoms with Crippen LogP contribution in [0.2, 0.25) is 0 Å². The molecule has 1 amide bonds. The lowest BCUT2D eigenvalue weighted by atomic mass is 10.1. The molecule has 2 aromatic carbocycles. The number of benzene rings is 2. The van der Waals surface area contributed by atoms with E-state index in [1.165, 1.54) is 10.9 Å². The third-order valence-electron chi connectivity index (χ3n) is 4.93. The molecule has 0 atom stereocenters. The highest BCUT2D eigenvalue weighted by Crippen LogP contribution is 2.28. The van der Waals surface area contributed by atoms with Crippen molar-refractivity contribution in [1.29, 1.82) is 5.26 Å². The summed E-state index contributed by atoms with van der Waals surface area (Å²) < 4.78 is 12.7. The van der Waals surface area contributed by atoms with E-state index in [-0.39, 0.29) is 11.7 Å². The van der Waals surface area contributed by atoms with Crippen LogP contribution in [-0.2, 0) is 6.54 Å². The molecule has 1 heterocycles. The Labute approximate surface area is 187 Å². The lowest BCUT2D eigenvalue weighted by molar-refractivity contribution is 0.0951. The predicted molar refractivity (Wildman–Crippen MR) is 122 cm³/mol. The highest BCUT2D eigenvalue weighted by Gasteiger charge is 2.11. The number of ether oxygens (including phenoxy) is 2. The van der Waals surface area contributed by atoms with E-state index in [0.717, 1.165) is 12.0 Å². The van der Waals surface area contributed by atoms with Crippen LogP contribution in [0.15, 0.2) is 48.7 Å². The number of nitriles is 1. The maximum absolute atomic E-state index is 12.6. The zero-order chi connectivity index (χ0) is 23.1. The van der Waals surface area contributed by atoms with Gasteiger partial charge in [-0.05, 0) is 54.3 Å². The van der Waals surface area contributed by atoms with Crippen molar-refractivity contribution >= 4 is 11.7 Å². The average Bonchev–Trinajstić information content (AvgIpc) is 3.18. The zero-order valence-electron chi connectivity index (χ0n) is 18.5. The molecule has 1 aromatic heterocycles. The molecule has 166 valence electrons. The molecule has 0 radical (unpaired) electrons. The lowest BCUT2D eigenvalue weighted by Crippen LogP contribution is -2.22. The summed E-state index contributed by atoms with van der Waals surface area (Å²) in [5.41, 5.74) is 8.28. The second-order valence-corrected chi connectivity index (χ2v) is 7.71. The molecule has 0 bridgehead atoms. The Balaban J connectivity index is 1.61. The van der Waals surface area contributed by atoms with E-state index < -0.39 is 0 Å². The Morgan fingerprint density at radius 2 is 1.97 bits per heavy atom. The van der Waals surface area contributed by atoms with E-state index in [4.69, 9.17) is 20.5 Å². The summed E-state index contributed by atoms with van der Waals surface area (Å²) in [4.78, 5) is 12.6. The first-order valence-electron chi connectivity index (χ1n) is 10.3. The van der Waals surface area contributed by atoms with Crippen molar-refractivity contribution in [2.45, 2.75) is 26.8 Å². The van der Waals surface area contributed by atoms with Crippen molar-refractivity contribution in [2.24, 2.45) is 5.92 Å². The minimum atomic E-state index is -0.209. The van der Waals surface area contributed by atoms with E-state index in [1.54, 1.807) is 31.4 Å². The molecule has 0 saturated heterocycles. The number of carbonyl (C=O) groups excluding carboxylic acids is 1. The summed E-state index contributed by atoms with van der Waals surface area (Å²) >= 11 is 0. The first kappa shape index (κ1) is 22.7. The van der Waals surface area contributed by atoms with Crippen molar-refractivity contribution in [1.82, 2.24) is 15.1 Å². The molecular formula is C24H27N5O3. The summed E-state index contributed by atoms with van der Waals surface area (Å²) in [6, 6.07) is 14.4. The number of amides is 1. The largest absolute Gasteiger partial charge is 0.493 e. The summed E-state index contributed by atoms with van der Waals surface area (Å²) in [5.74, 6) is 1.94. The smallest absolute Gasteiger partial charge is 0.251 e. The number of methoxy groups -OCH3 is 1. The number of anilines is 1. The summed E-state index contributed by atoms with van der Waals surface area (Å²) in [7, 11) is 1.60. The number of rotatable bonds is 9. The molecule has 32 heavy (non-hydrogen) atoms. The monoisotopic (exact) mass is 433 g/mol. The Bertz CT molecular complexity index is 1110. The zero-order valence-corrected chi connectivity index (χ0v) is 18.5. The number of hydrogen-bond acceptors (Lipinski definition) is 6. The van der Waals surface area contributed by atoms with Crippen molar-refractivity contribution in [3.8, 4) is 23.3 Å². The van der Waals surface area contributed by atoms with Gasteiger partial charge in [-0.25, -0.2) is 4.68 Å². The third kappa shape index (κ3) is 5.38. The SMILES string of the molecule is COc1cc(CNC(=O)c2ccc(-n3ncc(C#N)c3N)cc2)ccc1OCCC(C)C. The minimum absolute atomic E-state index is 0.209. The first-order chi connectivity index (χ1) is 15.4. The number of aromatic nitrogens is 2. The summed E-state index contributed by atoms with van der Waals surface area (Å²) in [6.45, 7) is 5.28. The molecule has 3 rings (SSSR count). The predicted octanol–water partition coefficient (Wildman–Crippen LogP) is 3.69. The Hall–Kier alpha value is -3.99. The van der Waals surface area contributed by atoms with Gasteiger partial charge in [-0.3, -0.25) is 4.79 Å². The molecule has 8 nitrogen and oxygen atoms in total. The molecule has 0 saturated carbocycles. The lowest BCUT2D eigenvalue weighted by Gasteiger charge is -2.13. The van der Waals surface area contributed by atoms with E-state index in [2.05, 4.69) is 24.3 Å². The van der Waals surface area contributed by atoms with Gasteiger partial charge < -0.3 is 20.5 Å². The van der Waals surface area contributed by atoms with Gasteiger partial charge in [0, 0.05) is 12.1 Å². The van der Waals surface area contributed by atoms with Crippen molar-refractivity contribution in [3.05, 3.63) is 65.4 Å². The van der Waals surface area contributed by atoms with Gasteiger partial charge in [-0.2, -0.15) is 10.4 Å². The molecule has 3 aromatic rings. The van der Waals surface area contributed by atoms with Crippen LogP contribution in [0.3, 0.4) is 0 Å². The highest BCUT2D eigenvalue weighted by molar-refractivity contribution is 5.94. The fourth-order valence-corrected chi connectivity index (χ4v) is 3.03.